The molecule has 0 spiro atoms. The van der Waals surface area contributed by atoms with Crippen LogP contribution in [0.5, 0.6) is 5.75 Å². The summed E-state index contributed by atoms with van der Waals surface area (Å²) in [6, 6.07) is 16.2. The molecule has 0 saturated heterocycles. The topological polar surface area (TPSA) is 42.3 Å². The Kier molecular flexibility index (Phi) is 4.58. The van der Waals surface area contributed by atoms with Crippen LogP contribution in [-0.2, 0) is 6.54 Å². The van der Waals surface area contributed by atoms with Crippen LogP contribution in [0.1, 0.15) is 17.3 Å². The summed E-state index contributed by atoms with van der Waals surface area (Å²) in [6.07, 6.45) is 5.77. The van der Waals surface area contributed by atoms with Crippen LogP contribution in [-0.4, -0.2) is 33.2 Å². The van der Waals surface area contributed by atoms with E-state index in [1.165, 1.54) is 11.3 Å². The number of aromatic nitrogens is 2. The number of nitrogens with one attached hydrogen (secondary N) is 1. The van der Waals surface area contributed by atoms with Crippen molar-refractivity contribution >= 4 is 23.0 Å². The van der Waals surface area contributed by atoms with Gasteiger partial charge in [-0.25, -0.2) is 0 Å². The fourth-order valence-corrected chi connectivity index (χ4v) is 3.74. The molecule has 0 bridgehead atoms. The molecular formula is C20H20N4OS. The van der Waals surface area contributed by atoms with Gasteiger partial charge < -0.3 is 19.5 Å². The fourth-order valence-electron chi connectivity index (χ4n) is 3.43. The number of methoxy groups -OCH3 is 1. The number of ether oxygens (including phenoxy) is 1. The summed E-state index contributed by atoms with van der Waals surface area (Å²) < 4.78 is 7.72. The predicted octanol–water partition coefficient (Wildman–Crippen LogP) is 3.69. The zero-order valence-electron chi connectivity index (χ0n) is 14.5. The van der Waals surface area contributed by atoms with E-state index in [4.69, 9.17) is 17.0 Å². The maximum atomic E-state index is 5.78. The van der Waals surface area contributed by atoms with Gasteiger partial charge >= 0.3 is 0 Å². The molecule has 1 atom stereocenters. The zero-order valence-corrected chi connectivity index (χ0v) is 15.3. The van der Waals surface area contributed by atoms with Gasteiger partial charge in [-0.15, -0.1) is 0 Å². The number of benzene rings is 1. The van der Waals surface area contributed by atoms with E-state index in [1.807, 2.05) is 48.8 Å². The highest BCUT2D eigenvalue weighted by atomic mass is 32.1. The Labute approximate surface area is 158 Å². The van der Waals surface area contributed by atoms with Gasteiger partial charge in [-0.3, -0.25) is 4.98 Å². The minimum atomic E-state index is 0.0523. The van der Waals surface area contributed by atoms with E-state index >= 15 is 0 Å². The van der Waals surface area contributed by atoms with Crippen molar-refractivity contribution in [2.24, 2.45) is 0 Å². The van der Waals surface area contributed by atoms with Gasteiger partial charge in [-0.2, -0.15) is 0 Å². The standard InChI is InChI=1S/C20H20N4OS/c1-25-18-7-3-2-5-16(18)22-20(26)24-14-13-23-12-4-6-17(23)19(24)15-8-10-21-11-9-15/h2-12,19H,13-14H2,1H3,(H,22,26)/t19-/m0/s1. The maximum absolute atomic E-state index is 5.78. The highest BCUT2D eigenvalue weighted by Crippen LogP contribution is 2.33. The first-order chi connectivity index (χ1) is 12.8. The quantitative estimate of drug-likeness (QED) is 0.718. The summed E-state index contributed by atoms with van der Waals surface area (Å²) in [5.41, 5.74) is 3.27. The van der Waals surface area contributed by atoms with Crippen LogP contribution in [0.4, 0.5) is 5.69 Å². The van der Waals surface area contributed by atoms with E-state index < -0.39 is 0 Å². The Bertz CT molecular complexity index is 909. The molecule has 0 aliphatic carbocycles. The summed E-state index contributed by atoms with van der Waals surface area (Å²) in [5, 5.41) is 4.05. The predicted molar refractivity (Wildman–Crippen MR) is 106 cm³/mol. The van der Waals surface area contributed by atoms with Gasteiger partial charge in [0.15, 0.2) is 5.11 Å². The minimum Gasteiger partial charge on any atom is -0.495 e. The van der Waals surface area contributed by atoms with Gasteiger partial charge in [0.05, 0.1) is 18.8 Å². The number of rotatable bonds is 3. The van der Waals surface area contributed by atoms with Crippen LogP contribution in [0.2, 0.25) is 0 Å². The lowest BCUT2D eigenvalue weighted by molar-refractivity contribution is 0.293. The fraction of sp³-hybridized carbons (Fsp3) is 0.200. The highest BCUT2D eigenvalue weighted by Gasteiger charge is 2.30. The summed E-state index contributed by atoms with van der Waals surface area (Å²) in [5.74, 6) is 0.774. The van der Waals surface area contributed by atoms with Crippen LogP contribution in [0.3, 0.4) is 0 Å². The lowest BCUT2D eigenvalue weighted by Crippen LogP contribution is -2.44. The Morgan fingerprint density at radius 1 is 1.12 bits per heavy atom. The molecule has 2 aromatic heterocycles. The monoisotopic (exact) mass is 364 g/mol. The molecule has 1 aromatic carbocycles. The average molecular weight is 364 g/mol. The molecule has 3 heterocycles. The Balaban J connectivity index is 1.67. The van der Waals surface area contributed by atoms with Gasteiger partial charge in [0.25, 0.3) is 0 Å². The number of fused-ring (bicyclic) bond motifs is 1. The lowest BCUT2D eigenvalue weighted by Gasteiger charge is -2.39. The van der Waals surface area contributed by atoms with Gasteiger partial charge in [-0.05, 0) is 54.2 Å². The molecule has 4 rings (SSSR count). The number of nitrogens with zero attached hydrogens (tertiary/aromatic N) is 3. The first-order valence-corrected chi connectivity index (χ1v) is 8.94. The lowest BCUT2D eigenvalue weighted by atomic mass is 10.0. The van der Waals surface area contributed by atoms with Crippen molar-refractivity contribution in [3.63, 3.8) is 0 Å². The molecule has 1 aliphatic rings. The van der Waals surface area contributed by atoms with E-state index in [9.17, 15) is 0 Å². The number of thiocarbonyl (C=S) groups is 1. The van der Waals surface area contributed by atoms with Crippen molar-refractivity contribution in [2.45, 2.75) is 12.6 Å². The van der Waals surface area contributed by atoms with Crippen LogP contribution in [0.15, 0.2) is 67.1 Å². The highest BCUT2D eigenvalue weighted by molar-refractivity contribution is 7.80. The number of anilines is 1. The summed E-state index contributed by atoms with van der Waals surface area (Å²) >= 11 is 5.78. The summed E-state index contributed by atoms with van der Waals surface area (Å²) in [6.45, 7) is 1.73. The first kappa shape index (κ1) is 16.6. The van der Waals surface area contributed by atoms with Crippen molar-refractivity contribution in [1.82, 2.24) is 14.5 Å². The molecule has 0 saturated carbocycles. The van der Waals surface area contributed by atoms with Crippen LogP contribution < -0.4 is 10.1 Å². The molecule has 5 nitrogen and oxygen atoms in total. The zero-order chi connectivity index (χ0) is 17.9. The van der Waals surface area contributed by atoms with Crippen molar-refractivity contribution in [3.8, 4) is 5.75 Å². The number of hydrogen-bond donors (Lipinski definition) is 1. The molecule has 132 valence electrons. The van der Waals surface area contributed by atoms with Gasteiger partial charge in [-0.1, -0.05) is 12.1 Å². The van der Waals surface area contributed by atoms with E-state index in [0.717, 1.165) is 24.5 Å². The third-order valence-electron chi connectivity index (χ3n) is 4.67. The summed E-state index contributed by atoms with van der Waals surface area (Å²) in [4.78, 5) is 6.38. The Morgan fingerprint density at radius 3 is 2.73 bits per heavy atom. The smallest absolute Gasteiger partial charge is 0.174 e. The Morgan fingerprint density at radius 2 is 1.92 bits per heavy atom. The molecule has 3 aromatic rings. The molecule has 6 heteroatoms. The van der Waals surface area contributed by atoms with Crippen LogP contribution in [0.25, 0.3) is 0 Å². The largest absolute Gasteiger partial charge is 0.495 e. The van der Waals surface area contributed by atoms with Gasteiger partial charge in [0.2, 0.25) is 0 Å². The van der Waals surface area contributed by atoms with Crippen LogP contribution >= 0.6 is 12.2 Å². The molecule has 26 heavy (non-hydrogen) atoms. The van der Waals surface area contributed by atoms with Gasteiger partial charge in [0.1, 0.15) is 5.75 Å². The third-order valence-corrected chi connectivity index (χ3v) is 5.01. The van der Waals surface area contributed by atoms with Crippen molar-refractivity contribution in [3.05, 3.63) is 78.4 Å². The normalized spacial score (nSPS) is 16.0. The molecule has 1 aliphatic heterocycles. The second kappa shape index (κ2) is 7.17. The molecular weight excluding hydrogens is 344 g/mol. The number of pyridine rings is 1. The minimum absolute atomic E-state index is 0.0523. The third kappa shape index (κ3) is 3.04. The van der Waals surface area contributed by atoms with Crippen molar-refractivity contribution < 1.29 is 4.74 Å². The van der Waals surface area contributed by atoms with E-state index in [0.29, 0.717) is 5.11 Å². The van der Waals surface area contributed by atoms with E-state index in [1.54, 1.807) is 7.11 Å². The second-order valence-corrected chi connectivity index (χ2v) is 6.52. The number of hydrogen-bond acceptors (Lipinski definition) is 3. The first-order valence-electron chi connectivity index (χ1n) is 8.53. The molecule has 1 N–H and O–H groups in total. The summed E-state index contributed by atoms with van der Waals surface area (Å²) in [7, 11) is 1.66. The molecule has 0 amide bonds. The van der Waals surface area contributed by atoms with Gasteiger partial charge in [0, 0.05) is 37.4 Å². The maximum Gasteiger partial charge on any atom is 0.174 e. The van der Waals surface area contributed by atoms with Crippen LogP contribution in [0, 0.1) is 0 Å². The average Bonchev–Trinajstić information content (AvgIpc) is 3.17. The second-order valence-electron chi connectivity index (χ2n) is 6.13. The van der Waals surface area contributed by atoms with E-state index in [2.05, 4.69) is 38.1 Å². The van der Waals surface area contributed by atoms with E-state index in [-0.39, 0.29) is 6.04 Å². The molecule has 0 unspecified atom stereocenters. The Hall–Kier alpha value is -2.86. The number of para-hydroxylation sites is 2. The molecule has 0 fully saturated rings. The molecule has 0 radical (unpaired) electrons. The van der Waals surface area contributed by atoms with Crippen molar-refractivity contribution in [1.29, 1.82) is 0 Å². The SMILES string of the molecule is COc1ccccc1NC(=S)N1CCn2cccc2[C@@H]1c1ccncc1. The van der Waals surface area contributed by atoms with Crippen molar-refractivity contribution in [2.75, 3.05) is 19.0 Å².